The van der Waals surface area contributed by atoms with Crippen LogP contribution in [0.1, 0.15) is 24.8 Å². The maximum Gasteiger partial charge on any atom is 0.324 e. The highest BCUT2D eigenvalue weighted by molar-refractivity contribution is 6.05. The minimum absolute atomic E-state index is 0.0805. The van der Waals surface area contributed by atoms with Crippen LogP contribution in [0.2, 0.25) is 0 Å². The van der Waals surface area contributed by atoms with E-state index in [1.165, 1.54) is 14.2 Å². The molecule has 24 heavy (non-hydrogen) atoms. The van der Waals surface area contributed by atoms with Crippen LogP contribution in [-0.2, 0) is 23.9 Å². The summed E-state index contributed by atoms with van der Waals surface area (Å²) in [6, 6.07) is 6.88. The van der Waals surface area contributed by atoms with Crippen molar-refractivity contribution in [3.63, 3.8) is 0 Å². The van der Waals surface area contributed by atoms with E-state index in [4.69, 9.17) is 14.2 Å². The number of rotatable bonds is 5. The number of carbonyl (C=O) groups excluding carboxylic acids is 3. The van der Waals surface area contributed by atoms with Gasteiger partial charge in [0.1, 0.15) is 12.0 Å². The van der Waals surface area contributed by atoms with Crippen molar-refractivity contribution in [1.82, 2.24) is 0 Å². The molecular weight excluding hydrogens is 312 g/mol. The molecule has 0 heterocycles. The van der Waals surface area contributed by atoms with Crippen molar-refractivity contribution in [3.05, 3.63) is 41.0 Å². The molecule has 1 atom stereocenters. The van der Waals surface area contributed by atoms with Gasteiger partial charge in [-0.3, -0.25) is 14.4 Å². The lowest BCUT2D eigenvalue weighted by molar-refractivity contribution is -0.169. The van der Waals surface area contributed by atoms with Crippen molar-refractivity contribution in [1.29, 1.82) is 0 Å². The maximum atomic E-state index is 12.6. The van der Waals surface area contributed by atoms with Crippen LogP contribution in [0.4, 0.5) is 0 Å². The van der Waals surface area contributed by atoms with Crippen LogP contribution in [0.3, 0.4) is 0 Å². The zero-order valence-corrected chi connectivity index (χ0v) is 14.1. The first-order valence-corrected chi connectivity index (χ1v) is 7.41. The average Bonchev–Trinajstić information content (AvgIpc) is 2.93. The van der Waals surface area contributed by atoms with Gasteiger partial charge < -0.3 is 14.2 Å². The second-order valence-electron chi connectivity index (χ2n) is 5.69. The Morgan fingerprint density at radius 1 is 1.08 bits per heavy atom. The van der Waals surface area contributed by atoms with E-state index in [0.29, 0.717) is 28.7 Å². The van der Waals surface area contributed by atoms with E-state index in [0.717, 1.165) is 0 Å². The van der Waals surface area contributed by atoms with E-state index in [1.54, 1.807) is 38.3 Å². The van der Waals surface area contributed by atoms with Gasteiger partial charge in [0.15, 0.2) is 5.41 Å². The fourth-order valence-electron chi connectivity index (χ4n) is 3.39. The van der Waals surface area contributed by atoms with Crippen molar-refractivity contribution >= 4 is 18.2 Å². The fraction of sp³-hybridized carbons (Fsp3) is 0.389. The molecule has 1 aromatic rings. The molecule has 1 aliphatic carbocycles. The molecule has 0 saturated carbocycles. The minimum atomic E-state index is -1.60. The lowest BCUT2D eigenvalue weighted by atomic mass is 9.71. The van der Waals surface area contributed by atoms with E-state index in [-0.39, 0.29) is 6.42 Å². The van der Waals surface area contributed by atoms with Crippen molar-refractivity contribution in [2.45, 2.75) is 19.3 Å². The first-order valence-electron chi connectivity index (χ1n) is 7.41. The summed E-state index contributed by atoms with van der Waals surface area (Å²) in [5.74, 6) is -1.56. The van der Waals surface area contributed by atoms with Crippen molar-refractivity contribution in [2.75, 3.05) is 21.3 Å². The van der Waals surface area contributed by atoms with Gasteiger partial charge in [-0.1, -0.05) is 17.7 Å². The lowest BCUT2D eigenvalue weighted by Gasteiger charge is -2.31. The second-order valence-corrected chi connectivity index (χ2v) is 5.69. The Morgan fingerprint density at radius 3 is 2.04 bits per heavy atom. The predicted molar refractivity (Wildman–Crippen MR) is 85.6 cm³/mol. The van der Waals surface area contributed by atoms with Gasteiger partial charge in [0.05, 0.1) is 21.3 Å². The topological polar surface area (TPSA) is 78.9 Å². The third kappa shape index (κ3) is 2.58. The zero-order valence-electron chi connectivity index (χ0n) is 14.1. The highest BCUT2D eigenvalue weighted by atomic mass is 16.5. The Labute approximate surface area is 140 Å². The molecule has 0 unspecified atom stereocenters. The van der Waals surface area contributed by atoms with E-state index < -0.39 is 23.3 Å². The average molecular weight is 332 g/mol. The second kappa shape index (κ2) is 6.86. The standard InChI is InChI=1S/C18H20O6/c1-11-9-18(16(20)23-3,17(21)24-4)15(14(11)10-19)12-5-7-13(22-2)8-6-12/h5-8,10,15H,9H2,1-4H3/t15-/m0/s1. The van der Waals surface area contributed by atoms with Crippen molar-refractivity contribution in [3.8, 4) is 5.75 Å². The maximum absolute atomic E-state index is 12.6. The van der Waals surface area contributed by atoms with Crippen molar-refractivity contribution in [2.24, 2.45) is 5.41 Å². The molecule has 6 nitrogen and oxygen atoms in total. The smallest absolute Gasteiger partial charge is 0.324 e. The number of esters is 2. The molecule has 1 aromatic carbocycles. The Morgan fingerprint density at radius 2 is 1.62 bits per heavy atom. The van der Waals surface area contributed by atoms with Crippen LogP contribution in [-0.4, -0.2) is 39.6 Å². The van der Waals surface area contributed by atoms with Gasteiger partial charge in [-0.05, 0) is 31.0 Å². The summed E-state index contributed by atoms with van der Waals surface area (Å²) in [5.41, 5.74) is 0.112. The number of aldehydes is 1. The highest BCUT2D eigenvalue weighted by Crippen LogP contribution is 2.53. The summed E-state index contributed by atoms with van der Waals surface area (Å²) >= 11 is 0. The molecule has 2 rings (SSSR count). The molecule has 0 radical (unpaired) electrons. The first kappa shape index (κ1) is 17.7. The van der Waals surface area contributed by atoms with Crippen LogP contribution in [0.25, 0.3) is 0 Å². The largest absolute Gasteiger partial charge is 0.497 e. The number of methoxy groups -OCH3 is 3. The van der Waals surface area contributed by atoms with E-state index in [1.807, 2.05) is 0 Å². The number of carbonyl (C=O) groups is 3. The Hall–Kier alpha value is -2.63. The van der Waals surface area contributed by atoms with Gasteiger partial charge >= 0.3 is 11.9 Å². The van der Waals surface area contributed by atoms with E-state index in [9.17, 15) is 14.4 Å². The van der Waals surface area contributed by atoms with Crippen LogP contribution < -0.4 is 4.74 Å². The van der Waals surface area contributed by atoms with E-state index in [2.05, 4.69) is 0 Å². The molecule has 0 fully saturated rings. The molecule has 0 saturated heterocycles. The summed E-state index contributed by atoms with van der Waals surface area (Å²) in [4.78, 5) is 36.8. The molecule has 1 aliphatic rings. The normalized spacial score (nSPS) is 18.9. The van der Waals surface area contributed by atoms with Gasteiger partial charge in [0, 0.05) is 11.5 Å². The van der Waals surface area contributed by atoms with Gasteiger partial charge in [0.25, 0.3) is 0 Å². The monoisotopic (exact) mass is 332 g/mol. The quantitative estimate of drug-likeness (QED) is 0.466. The summed E-state index contributed by atoms with van der Waals surface area (Å²) in [6.07, 6.45) is 0.773. The highest BCUT2D eigenvalue weighted by Gasteiger charge is 2.60. The molecule has 0 N–H and O–H groups in total. The molecule has 0 aliphatic heterocycles. The third-order valence-corrected chi connectivity index (χ3v) is 4.52. The molecule has 0 spiro atoms. The number of allylic oxidation sites excluding steroid dienone is 2. The summed E-state index contributed by atoms with van der Waals surface area (Å²) in [5, 5.41) is 0. The number of hydrogen-bond acceptors (Lipinski definition) is 6. The summed E-state index contributed by atoms with van der Waals surface area (Å²) < 4.78 is 14.9. The Bertz CT molecular complexity index is 670. The molecule has 0 aromatic heterocycles. The first-order chi connectivity index (χ1) is 11.5. The number of hydrogen-bond donors (Lipinski definition) is 0. The third-order valence-electron chi connectivity index (χ3n) is 4.52. The SMILES string of the molecule is COC(=O)C1(C(=O)OC)CC(C)=C(C=O)[C@@H]1c1ccc(OC)cc1. The molecular formula is C18H20O6. The Kier molecular flexibility index (Phi) is 5.07. The Balaban J connectivity index is 2.67. The predicted octanol–water partition coefficient (Wildman–Crippen LogP) is 2.03. The van der Waals surface area contributed by atoms with Crippen LogP contribution in [0, 0.1) is 5.41 Å². The van der Waals surface area contributed by atoms with Gasteiger partial charge in [-0.15, -0.1) is 0 Å². The molecule has 128 valence electrons. The lowest BCUT2D eigenvalue weighted by Crippen LogP contribution is -2.44. The minimum Gasteiger partial charge on any atom is -0.497 e. The van der Waals surface area contributed by atoms with Gasteiger partial charge in [-0.2, -0.15) is 0 Å². The summed E-state index contributed by atoms with van der Waals surface area (Å²) in [6.45, 7) is 1.73. The molecule has 0 bridgehead atoms. The number of benzene rings is 1. The van der Waals surface area contributed by atoms with Crippen LogP contribution in [0.5, 0.6) is 5.75 Å². The summed E-state index contributed by atoms with van der Waals surface area (Å²) in [7, 11) is 3.97. The van der Waals surface area contributed by atoms with Gasteiger partial charge in [0.2, 0.25) is 0 Å². The fourth-order valence-corrected chi connectivity index (χ4v) is 3.39. The zero-order chi connectivity index (χ0) is 17.9. The molecule has 0 amide bonds. The van der Waals surface area contributed by atoms with Crippen LogP contribution in [0.15, 0.2) is 35.4 Å². The van der Waals surface area contributed by atoms with Crippen molar-refractivity contribution < 1.29 is 28.6 Å². The van der Waals surface area contributed by atoms with Gasteiger partial charge in [-0.25, -0.2) is 0 Å². The molecule has 6 heteroatoms. The van der Waals surface area contributed by atoms with Crippen LogP contribution >= 0.6 is 0 Å². The number of ether oxygens (including phenoxy) is 3. The van der Waals surface area contributed by atoms with E-state index >= 15 is 0 Å².